The molecule has 18 heavy (non-hydrogen) atoms. The second kappa shape index (κ2) is 5.66. The van der Waals surface area contributed by atoms with E-state index in [0.29, 0.717) is 0 Å². The molecule has 0 unspecified atom stereocenters. The zero-order valence-electron chi connectivity index (χ0n) is 9.18. The Hall–Kier alpha value is -0.480. The van der Waals surface area contributed by atoms with Gasteiger partial charge in [-0.25, -0.2) is 4.79 Å². The van der Waals surface area contributed by atoms with E-state index in [-0.39, 0.29) is 6.42 Å². The molecule has 0 aromatic rings. The maximum absolute atomic E-state index is 10.9. The van der Waals surface area contributed by atoms with E-state index in [1.807, 2.05) is 0 Å². The second-order valence-electron chi connectivity index (χ2n) is 4.10. The summed E-state index contributed by atoms with van der Waals surface area (Å²) in [4.78, 5) is 10.9. The minimum atomic E-state index is -2.87. The van der Waals surface area contributed by atoms with Crippen LogP contribution in [0.25, 0.3) is 0 Å². The van der Waals surface area contributed by atoms with E-state index < -0.39 is 48.2 Å². The van der Waals surface area contributed by atoms with Crippen molar-refractivity contribution < 1.29 is 40.2 Å². The van der Waals surface area contributed by atoms with Crippen LogP contribution in [0.15, 0.2) is 0 Å². The highest BCUT2D eigenvalue weighted by Gasteiger charge is 2.55. The number of aliphatic hydroxyl groups excluding tert-OH is 4. The molecular formula is C9H15ClO8. The number of rotatable bonds is 4. The lowest BCUT2D eigenvalue weighted by atomic mass is 9.93. The highest BCUT2D eigenvalue weighted by atomic mass is 35.5. The van der Waals surface area contributed by atoms with Crippen molar-refractivity contribution in [1.29, 1.82) is 0 Å². The minimum absolute atomic E-state index is 0.290. The van der Waals surface area contributed by atoms with E-state index in [9.17, 15) is 25.2 Å². The highest BCUT2D eigenvalue weighted by molar-refractivity contribution is 6.23. The van der Waals surface area contributed by atoms with Gasteiger partial charge >= 0.3 is 5.97 Å². The lowest BCUT2D eigenvalue weighted by Gasteiger charge is -2.42. The van der Waals surface area contributed by atoms with Crippen molar-refractivity contribution in [2.75, 3.05) is 6.61 Å². The molecule has 1 heterocycles. The molecule has 8 nitrogen and oxygen atoms in total. The van der Waals surface area contributed by atoms with Crippen LogP contribution in [0, 0.1) is 0 Å². The average molecular weight is 287 g/mol. The predicted molar refractivity (Wildman–Crippen MR) is 56.8 cm³/mol. The summed E-state index contributed by atoms with van der Waals surface area (Å²) in [6, 6.07) is 0. The molecule has 1 aliphatic rings. The molecule has 1 aliphatic heterocycles. The SMILES string of the molecule is O=C(O)[C@]1(O)O[C@@H]([C@H](O)[C@H](O)CO)C[C@H](O)[C@H]1Cl. The van der Waals surface area contributed by atoms with E-state index in [2.05, 4.69) is 0 Å². The zero-order valence-corrected chi connectivity index (χ0v) is 9.93. The van der Waals surface area contributed by atoms with Crippen molar-refractivity contribution in [3.05, 3.63) is 0 Å². The summed E-state index contributed by atoms with van der Waals surface area (Å²) >= 11 is 5.55. The first-order valence-electron chi connectivity index (χ1n) is 5.16. The molecule has 0 aromatic carbocycles. The summed E-state index contributed by atoms with van der Waals surface area (Å²) in [5.74, 6) is -4.70. The van der Waals surface area contributed by atoms with Gasteiger partial charge in [0.25, 0.3) is 5.79 Å². The summed E-state index contributed by atoms with van der Waals surface area (Å²) in [6.45, 7) is -0.785. The Labute approximate surface area is 107 Å². The Kier molecular flexibility index (Phi) is 4.90. The van der Waals surface area contributed by atoms with Crippen molar-refractivity contribution in [3.8, 4) is 0 Å². The molecule has 0 amide bonds. The molecule has 1 rings (SSSR count). The van der Waals surface area contributed by atoms with E-state index in [4.69, 9.17) is 26.6 Å². The number of halogens is 1. The smallest absolute Gasteiger partial charge is 0.366 e. The first-order chi connectivity index (χ1) is 8.24. The van der Waals surface area contributed by atoms with Crippen LogP contribution in [0.2, 0.25) is 0 Å². The monoisotopic (exact) mass is 286 g/mol. The maximum Gasteiger partial charge on any atom is 0.366 e. The fraction of sp³-hybridized carbons (Fsp3) is 0.889. The van der Waals surface area contributed by atoms with Gasteiger partial charge in [-0.15, -0.1) is 11.6 Å². The first-order valence-corrected chi connectivity index (χ1v) is 5.60. The normalized spacial score (nSPS) is 40.2. The van der Waals surface area contributed by atoms with Gasteiger partial charge in [-0.2, -0.15) is 0 Å². The van der Waals surface area contributed by atoms with Crippen LogP contribution in [0.3, 0.4) is 0 Å². The first kappa shape index (κ1) is 15.6. The number of ether oxygens (including phenoxy) is 1. The van der Waals surface area contributed by atoms with Crippen LogP contribution in [0.4, 0.5) is 0 Å². The van der Waals surface area contributed by atoms with Crippen LogP contribution in [0.5, 0.6) is 0 Å². The predicted octanol–water partition coefficient (Wildman–Crippen LogP) is -2.77. The van der Waals surface area contributed by atoms with Gasteiger partial charge < -0.3 is 35.4 Å². The van der Waals surface area contributed by atoms with Crippen LogP contribution in [0.1, 0.15) is 6.42 Å². The van der Waals surface area contributed by atoms with Gasteiger partial charge in [-0.3, -0.25) is 0 Å². The summed E-state index contributed by atoms with van der Waals surface area (Å²) in [5, 5.41) is 53.9. The van der Waals surface area contributed by atoms with Crippen LogP contribution in [-0.2, 0) is 9.53 Å². The largest absolute Gasteiger partial charge is 0.477 e. The van der Waals surface area contributed by atoms with Gasteiger partial charge in [-0.1, -0.05) is 0 Å². The Morgan fingerprint density at radius 2 is 2.06 bits per heavy atom. The standard InChI is InChI=1S/C9H15ClO8/c10-7-3(12)1-5(6(14)4(13)2-11)18-9(7,17)8(15)16/h3-7,11-14,17H,1-2H2,(H,15,16)/t3-,4+,5+,6+,7+,9+/m0/s1. The molecule has 6 N–H and O–H groups in total. The highest BCUT2D eigenvalue weighted by Crippen LogP contribution is 2.33. The number of hydrogen-bond acceptors (Lipinski definition) is 7. The van der Waals surface area contributed by atoms with Crippen molar-refractivity contribution in [2.24, 2.45) is 0 Å². The molecule has 6 atom stereocenters. The zero-order chi connectivity index (χ0) is 14.1. The summed E-state index contributed by atoms with van der Waals surface area (Å²) in [5.41, 5.74) is 0. The molecular weight excluding hydrogens is 272 g/mol. The van der Waals surface area contributed by atoms with Crippen LogP contribution in [-0.4, -0.2) is 78.8 Å². The number of carbonyl (C=O) groups is 1. The molecule has 9 heteroatoms. The topological polar surface area (TPSA) is 148 Å². The molecule has 1 fully saturated rings. The number of alkyl halides is 1. The third kappa shape index (κ3) is 2.75. The van der Waals surface area contributed by atoms with E-state index in [1.165, 1.54) is 0 Å². The number of hydrogen-bond donors (Lipinski definition) is 6. The fourth-order valence-electron chi connectivity index (χ4n) is 1.70. The maximum atomic E-state index is 10.9. The number of carboxylic acid groups (broad SMARTS) is 1. The quantitative estimate of drug-likeness (QED) is 0.304. The molecule has 1 saturated heterocycles. The van der Waals surface area contributed by atoms with Crippen molar-refractivity contribution >= 4 is 17.6 Å². The second-order valence-corrected chi connectivity index (χ2v) is 4.57. The number of aliphatic hydroxyl groups is 5. The van der Waals surface area contributed by atoms with E-state index in [1.54, 1.807) is 0 Å². The van der Waals surface area contributed by atoms with Gasteiger partial charge in [0.2, 0.25) is 0 Å². The van der Waals surface area contributed by atoms with Crippen molar-refractivity contribution in [3.63, 3.8) is 0 Å². The summed E-state index contributed by atoms with van der Waals surface area (Å²) in [7, 11) is 0. The summed E-state index contributed by atoms with van der Waals surface area (Å²) in [6.07, 6.45) is -6.38. The van der Waals surface area contributed by atoms with Crippen molar-refractivity contribution in [2.45, 2.75) is 42.0 Å². The van der Waals surface area contributed by atoms with Gasteiger partial charge in [0.15, 0.2) is 0 Å². The molecule has 0 radical (unpaired) electrons. The number of aliphatic carboxylic acids is 1. The minimum Gasteiger partial charge on any atom is -0.477 e. The molecule has 0 aliphatic carbocycles. The Morgan fingerprint density at radius 3 is 2.50 bits per heavy atom. The Balaban J connectivity index is 2.90. The lowest BCUT2D eigenvalue weighted by molar-refractivity contribution is -0.285. The third-order valence-corrected chi connectivity index (χ3v) is 3.37. The molecule has 0 saturated carbocycles. The van der Waals surface area contributed by atoms with Crippen molar-refractivity contribution in [1.82, 2.24) is 0 Å². The van der Waals surface area contributed by atoms with Gasteiger partial charge in [-0.05, 0) is 0 Å². The Morgan fingerprint density at radius 1 is 1.50 bits per heavy atom. The van der Waals surface area contributed by atoms with Gasteiger partial charge in [0.1, 0.15) is 17.6 Å². The van der Waals surface area contributed by atoms with Crippen LogP contribution < -0.4 is 0 Å². The van der Waals surface area contributed by atoms with Gasteiger partial charge in [0.05, 0.1) is 18.8 Å². The molecule has 0 aromatic heterocycles. The lowest BCUT2D eigenvalue weighted by Crippen LogP contribution is -2.63. The summed E-state index contributed by atoms with van der Waals surface area (Å²) < 4.78 is 4.75. The fourth-order valence-corrected chi connectivity index (χ4v) is 1.94. The Bertz CT molecular complexity index is 313. The molecule has 0 bridgehead atoms. The van der Waals surface area contributed by atoms with Crippen LogP contribution >= 0.6 is 11.6 Å². The average Bonchev–Trinajstić information content (AvgIpc) is 2.33. The third-order valence-electron chi connectivity index (χ3n) is 2.79. The molecule has 106 valence electrons. The van der Waals surface area contributed by atoms with E-state index >= 15 is 0 Å². The van der Waals surface area contributed by atoms with Gasteiger partial charge in [0, 0.05) is 6.42 Å². The molecule has 0 spiro atoms. The van der Waals surface area contributed by atoms with E-state index in [0.717, 1.165) is 0 Å². The number of carboxylic acids is 1.